The molecule has 1 amide bonds. The third-order valence-electron chi connectivity index (χ3n) is 4.25. The van der Waals surface area contributed by atoms with E-state index >= 15 is 0 Å². The summed E-state index contributed by atoms with van der Waals surface area (Å²) in [4.78, 5) is 26.1. The first kappa shape index (κ1) is 16.7. The van der Waals surface area contributed by atoms with E-state index in [0.29, 0.717) is 0 Å². The van der Waals surface area contributed by atoms with Crippen molar-refractivity contribution in [3.63, 3.8) is 0 Å². The summed E-state index contributed by atoms with van der Waals surface area (Å²) in [5, 5.41) is 5.13. The van der Waals surface area contributed by atoms with Crippen LogP contribution in [0.25, 0.3) is 0 Å². The zero-order valence-corrected chi connectivity index (χ0v) is 15.1. The molecular formula is C17H23N5OS. The van der Waals surface area contributed by atoms with Gasteiger partial charge in [0.05, 0.1) is 4.88 Å². The third kappa shape index (κ3) is 3.67. The van der Waals surface area contributed by atoms with Crippen molar-refractivity contribution in [2.45, 2.75) is 25.8 Å². The number of thiophene rings is 1. The van der Waals surface area contributed by atoms with Crippen LogP contribution in [-0.2, 0) is 0 Å². The highest BCUT2D eigenvalue weighted by atomic mass is 32.1. The largest absolute Gasteiger partial charge is 0.363 e. The standard InChI is InChI=1S/C17H23N5OS/c1-12-6-8-24-16(12)17(23)20-13-5-4-7-22(10-13)15-9-14(21(2)3)18-11-19-15/h6,8-9,11,13H,4-5,7,10H2,1-3H3,(H,20,23). The summed E-state index contributed by atoms with van der Waals surface area (Å²) < 4.78 is 0. The minimum atomic E-state index is 0.0334. The van der Waals surface area contributed by atoms with Gasteiger partial charge < -0.3 is 15.1 Å². The van der Waals surface area contributed by atoms with Crippen molar-refractivity contribution >= 4 is 28.9 Å². The molecule has 1 aliphatic heterocycles. The monoisotopic (exact) mass is 345 g/mol. The SMILES string of the molecule is Cc1ccsc1C(=O)NC1CCCN(c2cc(N(C)C)ncn2)C1. The Morgan fingerprint density at radius 1 is 1.42 bits per heavy atom. The Kier molecular flexibility index (Phi) is 4.99. The second kappa shape index (κ2) is 7.17. The first-order valence-electron chi connectivity index (χ1n) is 8.14. The zero-order chi connectivity index (χ0) is 17.1. The fourth-order valence-corrected chi connectivity index (χ4v) is 3.74. The fraction of sp³-hybridized carbons (Fsp3) is 0.471. The maximum atomic E-state index is 12.4. The van der Waals surface area contributed by atoms with Crippen molar-refractivity contribution in [1.29, 1.82) is 0 Å². The Hall–Kier alpha value is -2.15. The van der Waals surface area contributed by atoms with E-state index in [1.54, 1.807) is 6.33 Å². The summed E-state index contributed by atoms with van der Waals surface area (Å²) in [5.41, 5.74) is 1.04. The molecule has 1 atom stereocenters. The molecule has 2 aromatic heterocycles. The number of aromatic nitrogens is 2. The summed E-state index contributed by atoms with van der Waals surface area (Å²) in [6.45, 7) is 3.70. The van der Waals surface area contributed by atoms with Crippen LogP contribution in [0.5, 0.6) is 0 Å². The molecule has 0 aliphatic carbocycles. The van der Waals surface area contributed by atoms with Gasteiger partial charge in [-0.25, -0.2) is 9.97 Å². The molecule has 0 spiro atoms. The number of hydrogen-bond donors (Lipinski definition) is 1. The summed E-state index contributed by atoms with van der Waals surface area (Å²) in [5.74, 6) is 1.84. The number of rotatable bonds is 4. The lowest BCUT2D eigenvalue weighted by atomic mass is 10.1. The molecular weight excluding hydrogens is 322 g/mol. The van der Waals surface area contributed by atoms with Crippen LogP contribution in [0.3, 0.4) is 0 Å². The molecule has 3 heterocycles. The van der Waals surface area contributed by atoms with Gasteiger partial charge in [-0.1, -0.05) is 0 Å². The number of anilines is 2. The Bertz CT molecular complexity index is 715. The van der Waals surface area contributed by atoms with Crippen LogP contribution < -0.4 is 15.1 Å². The maximum Gasteiger partial charge on any atom is 0.261 e. The lowest BCUT2D eigenvalue weighted by molar-refractivity contribution is 0.0936. The molecule has 0 aromatic carbocycles. The number of aryl methyl sites for hydroxylation is 1. The molecule has 2 aromatic rings. The maximum absolute atomic E-state index is 12.4. The van der Waals surface area contributed by atoms with Gasteiger partial charge in [0.25, 0.3) is 5.91 Å². The van der Waals surface area contributed by atoms with Gasteiger partial charge in [-0.2, -0.15) is 0 Å². The van der Waals surface area contributed by atoms with E-state index in [4.69, 9.17) is 0 Å². The minimum Gasteiger partial charge on any atom is -0.363 e. The van der Waals surface area contributed by atoms with Gasteiger partial charge >= 0.3 is 0 Å². The highest BCUT2D eigenvalue weighted by Gasteiger charge is 2.24. The minimum absolute atomic E-state index is 0.0334. The van der Waals surface area contributed by atoms with Gasteiger partial charge in [-0.15, -0.1) is 11.3 Å². The van der Waals surface area contributed by atoms with Crippen LogP contribution >= 0.6 is 11.3 Å². The van der Waals surface area contributed by atoms with Gasteiger partial charge in [-0.3, -0.25) is 4.79 Å². The van der Waals surface area contributed by atoms with Crippen LogP contribution in [0.1, 0.15) is 28.1 Å². The van der Waals surface area contributed by atoms with Crippen LogP contribution in [0, 0.1) is 6.92 Å². The van der Waals surface area contributed by atoms with E-state index in [1.807, 2.05) is 43.4 Å². The number of amides is 1. The predicted molar refractivity (Wildman–Crippen MR) is 98.1 cm³/mol. The quantitative estimate of drug-likeness (QED) is 0.921. The number of nitrogens with zero attached hydrogens (tertiary/aromatic N) is 4. The summed E-state index contributed by atoms with van der Waals surface area (Å²) >= 11 is 1.50. The second-order valence-corrected chi connectivity index (χ2v) is 7.24. The number of hydrogen-bond acceptors (Lipinski definition) is 6. The van der Waals surface area contributed by atoms with Crippen molar-refractivity contribution in [2.24, 2.45) is 0 Å². The number of carbonyl (C=O) groups excluding carboxylic acids is 1. The van der Waals surface area contributed by atoms with Crippen molar-refractivity contribution in [2.75, 3.05) is 37.0 Å². The topological polar surface area (TPSA) is 61.4 Å². The predicted octanol–water partition coefficient (Wildman–Crippen LogP) is 2.31. The first-order valence-corrected chi connectivity index (χ1v) is 9.02. The number of nitrogens with one attached hydrogen (secondary N) is 1. The molecule has 1 aliphatic rings. The summed E-state index contributed by atoms with van der Waals surface area (Å²) in [6.07, 6.45) is 3.63. The Morgan fingerprint density at radius 3 is 2.96 bits per heavy atom. The van der Waals surface area contributed by atoms with E-state index in [1.165, 1.54) is 11.3 Å². The van der Waals surface area contributed by atoms with Crippen LogP contribution in [0.15, 0.2) is 23.8 Å². The van der Waals surface area contributed by atoms with Crippen molar-refractivity contribution < 1.29 is 4.79 Å². The fourth-order valence-electron chi connectivity index (χ4n) is 2.91. The zero-order valence-electron chi connectivity index (χ0n) is 14.3. The van der Waals surface area contributed by atoms with E-state index in [0.717, 1.165) is 48.0 Å². The summed E-state index contributed by atoms with van der Waals surface area (Å²) in [7, 11) is 3.93. The van der Waals surface area contributed by atoms with Crippen molar-refractivity contribution in [3.05, 3.63) is 34.3 Å². The average Bonchev–Trinajstić information content (AvgIpc) is 3.01. The molecule has 1 unspecified atom stereocenters. The molecule has 7 heteroatoms. The average molecular weight is 345 g/mol. The molecule has 1 saturated heterocycles. The summed E-state index contributed by atoms with van der Waals surface area (Å²) in [6, 6.07) is 4.12. The Balaban J connectivity index is 1.67. The highest BCUT2D eigenvalue weighted by Crippen LogP contribution is 2.21. The van der Waals surface area contributed by atoms with Crippen molar-refractivity contribution in [3.8, 4) is 0 Å². The Morgan fingerprint density at radius 2 is 2.25 bits per heavy atom. The molecule has 1 fully saturated rings. The third-order valence-corrected chi connectivity index (χ3v) is 5.26. The molecule has 6 nitrogen and oxygen atoms in total. The smallest absolute Gasteiger partial charge is 0.261 e. The van der Waals surface area contributed by atoms with Gasteiger partial charge in [0.1, 0.15) is 18.0 Å². The van der Waals surface area contributed by atoms with Gasteiger partial charge in [0, 0.05) is 39.3 Å². The van der Waals surface area contributed by atoms with Gasteiger partial charge in [-0.05, 0) is 36.8 Å². The first-order chi connectivity index (χ1) is 11.5. The van der Waals surface area contributed by atoms with Crippen molar-refractivity contribution in [1.82, 2.24) is 15.3 Å². The lowest BCUT2D eigenvalue weighted by Crippen LogP contribution is -2.48. The van der Waals surface area contributed by atoms with E-state index in [-0.39, 0.29) is 11.9 Å². The van der Waals surface area contributed by atoms with Crippen LogP contribution in [0.2, 0.25) is 0 Å². The van der Waals surface area contributed by atoms with E-state index < -0.39 is 0 Å². The lowest BCUT2D eigenvalue weighted by Gasteiger charge is -2.34. The normalized spacial score (nSPS) is 17.6. The molecule has 0 saturated carbocycles. The molecule has 0 radical (unpaired) electrons. The van der Waals surface area contributed by atoms with E-state index in [9.17, 15) is 4.79 Å². The van der Waals surface area contributed by atoms with E-state index in [2.05, 4.69) is 20.2 Å². The molecule has 0 bridgehead atoms. The van der Waals surface area contributed by atoms with Gasteiger partial charge in [0.15, 0.2) is 0 Å². The number of carbonyl (C=O) groups is 1. The molecule has 128 valence electrons. The number of piperidine rings is 1. The molecule has 1 N–H and O–H groups in total. The Labute approximate surface area is 146 Å². The second-order valence-electron chi connectivity index (χ2n) is 6.32. The van der Waals surface area contributed by atoms with Crippen LogP contribution in [-0.4, -0.2) is 49.1 Å². The molecule has 3 rings (SSSR count). The van der Waals surface area contributed by atoms with Gasteiger partial charge in [0.2, 0.25) is 0 Å². The van der Waals surface area contributed by atoms with Crippen LogP contribution in [0.4, 0.5) is 11.6 Å². The highest BCUT2D eigenvalue weighted by molar-refractivity contribution is 7.12. The molecule has 24 heavy (non-hydrogen) atoms.